The molecule has 144 valence electrons. The Balaban J connectivity index is 1.93. The van der Waals surface area contributed by atoms with Crippen LogP contribution in [0, 0.1) is 0 Å². The van der Waals surface area contributed by atoms with E-state index in [0.29, 0.717) is 6.61 Å². The minimum absolute atomic E-state index is 0.450. The Morgan fingerprint density at radius 1 is 0.926 bits per heavy atom. The number of nitrogens with zero attached hydrogens (tertiary/aromatic N) is 2. The Morgan fingerprint density at radius 2 is 1.56 bits per heavy atom. The van der Waals surface area contributed by atoms with Gasteiger partial charge in [-0.25, -0.2) is 4.98 Å². The summed E-state index contributed by atoms with van der Waals surface area (Å²) >= 11 is 0. The fourth-order valence-corrected chi connectivity index (χ4v) is 6.14. The van der Waals surface area contributed by atoms with Gasteiger partial charge in [0.15, 0.2) is 14.1 Å². The topological polar surface area (TPSA) is 36.3 Å². The van der Waals surface area contributed by atoms with Crippen LogP contribution in [-0.4, -0.2) is 17.9 Å². The van der Waals surface area contributed by atoms with Gasteiger partial charge in [-0.15, -0.1) is 0 Å². The van der Waals surface area contributed by atoms with Crippen LogP contribution in [0.5, 0.6) is 0 Å². The number of hydrogen-bond donors (Lipinski definition) is 0. The Morgan fingerprint density at radius 3 is 2.19 bits per heavy atom. The monoisotopic (exact) mass is 382 g/mol. The van der Waals surface area contributed by atoms with Crippen LogP contribution >= 0.6 is 0 Å². The molecule has 0 fully saturated rings. The van der Waals surface area contributed by atoms with Gasteiger partial charge < -0.3 is 13.7 Å². The summed E-state index contributed by atoms with van der Waals surface area (Å²) in [7, 11) is 0.190. The highest BCUT2D eigenvalue weighted by Crippen LogP contribution is 2.32. The Labute approximate surface area is 163 Å². The zero-order valence-electron chi connectivity index (χ0n) is 16.8. The molecule has 0 spiro atoms. The van der Waals surface area contributed by atoms with Gasteiger partial charge in [-0.3, -0.25) is 0 Å². The number of rotatable bonds is 9. The normalized spacial score (nSPS) is 13.2. The van der Waals surface area contributed by atoms with Crippen molar-refractivity contribution < 1.29 is 9.16 Å². The zero-order chi connectivity index (χ0) is 19.3. The third-order valence-corrected chi connectivity index (χ3v) is 10.1. The maximum atomic E-state index is 6.74. The van der Waals surface area contributed by atoms with E-state index in [1.807, 2.05) is 43.4 Å². The molecule has 1 aromatic heterocycles. The largest absolute Gasteiger partial charge is 0.387 e. The van der Waals surface area contributed by atoms with E-state index in [4.69, 9.17) is 14.1 Å². The Bertz CT molecular complexity index is 851. The number of imidazole rings is 1. The minimum Gasteiger partial charge on any atom is -0.387 e. The Hall–Kier alpha value is -1.95. The average Bonchev–Trinajstić information content (AvgIpc) is 3.06. The van der Waals surface area contributed by atoms with Gasteiger partial charge >= 0.3 is 0 Å². The van der Waals surface area contributed by atoms with Crippen LogP contribution in [0.4, 0.5) is 0 Å². The van der Waals surface area contributed by atoms with Crippen molar-refractivity contribution in [1.29, 1.82) is 0 Å². The van der Waals surface area contributed by atoms with Gasteiger partial charge in [0, 0.05) is 7.05 Å². The lowest BCUT2D eigenvalue weighted by Crippen LogP contribution is -2.38. The van der Waals surface area contributed by atoms with Crippen LogP contribution < -0.4 is 0 Å². The van der Waals surface area contributed by atoms with Crippen LogP contribution in [0.1, 0.15) is 38.4 Å². The summed E-state index contributed by atoms with van der Waals surface area (Å²) in [5.74, 6) is 0.847. The van der Waals surface area contributed by atoms with Gasteiger partial charge in [-0.05, 0) is 35.8 Å². The predicted molar refractivity (Wildman–Crippen MR) is 113 cm³/mol. The first-order chi connectivity index (χ1) is 13.1. The highest BCUT2D eigenvalue weighted by atomic mass is 28.4. The SMILES string of the molecule is CC[Si](CC)(CC)OC(OCc1ccccc1)c1nc2ccccc2n1C. The first-order valence-corrected chi connectivity index (χ1v) is 12.4. The third-order valence-electron chi connectivity index (χ3n) is 5.57. The molecule has 0 aliphatic rings. The molecule has 1 heterocycles. The molecule has 3 aromatic rings. The van der Waals surface area contributed by atoms with Crippen LogP contribution in [0.2, 0.25) is 18.1 Å². The first-order valence-electron chi connectivity index (χ1n) is 9.87. The summed E-state index contributed by atoms with van der Waals surface area (Å²) in [6.45, 7) is 7.23. The lowest BCUT2D eigenvalue weighted by atomic mass is 10.2. The van der Waals surface area contributed by atoms with Crippen LogP contribution in [0.15, 0.2) is 54.6 Å². The van der Waals surface area contributed by atoms with Crippen molar-refractivity contribution in [2.75, 3.05) is 0 Å². The summed E-state index contributed by atoms with van der Waals surface area (Å²) in [5, 5.41) is 0. The molecule has 0 aliphatic carbocycles. The second kappa shape index (κ2) is 8.82. The average molecular weight is 383 g/mol. The van der Waals surface area contributed by atoms with Crippen LogP contribution in [0.25, 0.3) is 11.0 Å². The molecule has 1 atom stereocenters. The van der Waals surface area contributed by atoms with Gasteiger partial charge in [0.1, 0.15) is 0 Å². The van der Waals surface area contributed by atoms with Gasteiger partial charge in [0.2, 0.25) is 6.29 Å². The molecule has 4 nitrogen and oxygen atoms in total. The van der Waals surface area contributed by atoms with Gasteiger partial charge in [0.05, 0.1) is 17.6 Å². The Kier molecular flexibility index (Phi) is 6.47. The number of aromatic nitrogens is 2. The second-order valence-corrected chi connectivity index (χ2v) is 11.7. The second-order valence-electron chi connectivity index (χ2n) is 7.01. The molecule has 27 heavy (non-hydrogen) atoms. The van der Waals surface area contributed by atoms with E-state index >= 15 is 0 Å². The highest BCUT2D eigenvalue weighted by Gasteiger charge is 2.35. The number of para-hydroxylation sites is 2. The summed E-state index contributed by atoms with van der Waals surface area (Å²) in [5.41, 5.74) is 3.21. The number of hydrogen-bond acceptors (Lipinski definition) is 3. The maximum absolute atomic E-state index is 6.74. The molecule has 3 rings (SSSR count). The summed E-state index contributed by atoms with van der Waals surface area (Å²) in [6, 6.07) is 21.7. The van der Waals surface area contributed by atoms with E-state index in [1.165, 1.54) is 0 Å². The van der Waals surface area contributed by atoms with E-state index in [9.17, 15) is 0 Å². The quantitative estimate of drug-likeness (QED) is 0.346. The van der Waals surface area contributed by atoms with Crippen molar-refractivity contribution >= 4 is 19.4 Å². The minimum atomic E-state index is -1.85. The standard InChI is InChI=1S/C22H30N2O2Si/c1-5-27(6-2,7-3)26-22(25-17-18-13-9-8-10-14-18)21-23-19-15-11-12-16-20(19)24(21)4/h8-16,22H,5-7,17H2,1-4H3. The number of fused-ring (bicyclic) bond motifs is 1. The maximum Gasteiger partial charge on any atom is 0.208 e. The van der Waals surface area contributed by atoms with E-state index in [1.54, 1.807) is 0 Å². The molecule has 0 amide bonds. The zero-order valence-corrected chi connectivity index (χ0v) is 17.8. The molecule has 0 saturated heterocycles. The van der Waals surface area contributed by atoms with Crippen LogP contribution in [-0.2, 0) is 22.8 Å². The van der Waals surface area contributed by atoms with Crippen molar-refractivity contribution in [3.8, 4) is 0 Å². The van der Waals surface area contributed by atoms with E-state index in [0.717, 1.165) is 40.6 Å². The number of aryl methyl sites for hydroxylation is 1. The van der Waals surface area contributed by atoms with E-state index in [2.05, 4.69) is 43.5 Å². The molecule has 2 aromatic carbocycles. The predicted octanol–water partition coefficient (Wildman–Crippen LogP) is 5.81. The van der Waals surface area contributed by atoms with Crippen molar-refractivity contribution in [3.05, 3.63) is 66.0 Å². The third kappa shape index (κ3) is 4.31. The molecule has 0 radical (unpaired) electrons. The summed E-state index contributed by atoms with van der Waals surface area (Å²) < 4.78 is 15.2. The smallest absolute Gasteiger partial charge is 0.208 e. The lowest BCUT2D eigenvalue weighted by Gasteiger charge is -2.32. The molecular formula is C22H30N2O2Si. The molecule has 1 unspecified atom stereocenters. The van der Waals surface area contributed by atoms with E-state index in [-0.39, 0.29) is 0 Å². The van der Waals surface area contributed by atoms with Crippen LogP contribution in [0.3, 0.4) is 0 Å². The molecule has 5 heteroatoms. The molecule has 0 bridgehead atoms. The van der Waals surface area contributed by atoms with Gasteiger partial charge in [-0.1, -0.05) is 63.2 Å². The molecule has 0 aliphatic heterocycles. The van der Waals surface area contributed by atoms with E-state index < -0.39 is 14.6 Å². The lowest BCUT2D eigenvalue weighted by molar-refractivity contribution is -0.107. The highest BCUT2D eigenvalue weighted by molar-refractivity contribution is 6.73. The molecular weight excluding hydrogens is 352 g/mol. The van der Waals surface area contributed by atoms with Crippen molar-refractivity contribution in [2.24, 2.45) is 7.05 Å². The fourth-order valence-electron chi connectivity index (χ4n) is 3.51. The van der Waals surface area contributed by atoms with Crippen molar-refractivity contribution in [2.45, 2.75) is 51.8 Å². The number of ether oxygens (including phenoxy) is 1. The van der Waals surface area contributed by atoms with Crippen molar-refractivity contribution in [3.63, 3.8) is 0 Å². The van der Waals surface area contributed by atoms with Crippen molar-refractivity contribution in [1.82, 2.24) is 9.55 Å². The van der Waals surface area contributed by atoms with Gasteiger partial charge in [0.25, 0.3) is 0 Å². The summed E-state index contributed by atoms with van der Waals surface area (Å²) in [6.07, 6.45) is -0.450. The molecule has 0 saturated carbocycles. The van der Waals surface area contributed by atoms with Gasteiger partial charge in [-0.2, -0.15) is 0 Å². The summed E-state index contributed by atoms with van der Waals surface area (Å²) in [4.78, 5) is 4.85. The fraction of sp³-hybridized carbons (Fsp3) is 0.409. The first kappa shape index (κ1) is 19.8. The molecule has 0 N–H and O–H groups in total. The number of benzene rings is 2.